The second kappa shape index (κ2) is 15.7. The lowest BCUT2D eigenvalue weighted by Crippen LogP contribution is -2.57. The zero-order chi connectivity index (χ0) is 40.5. The number of hydrogen-bond acceptors (Lipinski definition) is 8. The van der Waals surface area contributed by atoms with Gasteiger partial charge in [0.25, 0.3) is 0 Å². The Morgan fingerprint density at radius 2 is 1.21 bits per heavy atom. The van der Waals surface area contributed by atoms with Crippen LogP contribution >= 0.6 is 0 Å². The fraction of sp³-hybridized carbons (Fsp3) is 0.222. The van der Waals surface area contributed by atoms with Gasteiger partial charge in [-0.1, -0.05) is 0 Å². The number of anilines is 2. The smallest absolute Gasteiger partial charge is 0.325 e. The lowest BCUT2D eigenvalue weighted by molar-refractivity contribution is -0.120. The third kappa shape index (κ3) is 8.92. The van der Waals surface area contributed by atoms with Crippen molar-refractivity contribution in [2.24, 2.45) is 14.1 Å². The van der Waals surface area contributed by atoms with Gasteiger partial charge in [0.15, 0.2) is 5.65 Å². The van der Waals surface area contributed by atoms with Crippen molar-refractivity contribution in [2.75, 3.05) is 23.9 Å². The van der Waals surface area contributed by atoms with Gasteiger partial charge in [0.2, 0.25) is 11.8 Å². The van der Waals surface area contributed by atoms with Gasteiger partial charge in [0.05, 0.1) is 29.8 Å². The van der Waals surface area contributed by atoms with Crippen LogP contribution in [0.15, 0.2) is 79.3 Å². The summed E-state index contributed by atoms with van der Waals surface area (Å²) in [6, 6.07) is 6.69. The monoisotopic (exact) mass is 794 g/mol. The number of urea groups is 1. The van der Waals surface area contributed by atoms with Crippen molar-refractivity contribution < 1.29 is 40.4 Å². The molecule has 20 heteroatoms. The minimum Gasteiger partial charge on any atom is -0.325 e. The summed E-state index contributed by atoms with van der Waals surface area (Å²) in [5.74, 6) is -5.56. The highest BCUT2D eigenvalue weighted by Gasteiger charge is 2.32. The van der Waals surface area contributed by atoms with Crippen LogP contribution in [0.2, 0.25) is 0 Å². The number of amides is 4. The van der Waals surface area contributed by atoms with E-state index in [9.17, 15) is 40.4 Å². The van der Waals surface area contributed by atoms with E-state index in [0.717, 1.165) is 34.7 Å². The van der Waals surface area contributed by atoms with Gasteiger partial charge in [-0.25, -0.2) is 32.1 Å². The quantitative estimate of drug-likeness (QED) is 0.158. The zero-order valence-electron chi connectivity index (χ0n) is 30.2. The Kier molecular flexibility index (Phi) is 11.0. The molecule has 0 fully saturated rings. The van der Waals surface area contributed by atoms with Gasteiger partial charge in [-0.2, -0.15) is 23.3 Å². The number of benzene rings is 3. The van der Waals surface area contributed by atoms with Crippen molar-refractivity contribution in [3.8, 4) is 0 Å². The molecule has 292 valence electrons. The molecule has 0 unspecified atom stereocenters. The van der Waals surface area contributed by atoms with Crippen molar-refractivity contribution in [2.45, 2.75) is 24.9 Å². The van der Waals surface area contributed by atoms with E-state index in [1.165, 1.54) is 36.1 Å². The lowest BCUT2D eigenvalue weighted by Gasteiger charge is -2.26. The molecule has 0 aliphatic rings. The number of fused-ring (bicyclic) bond motifs is 2. The molecule has 15 nitrogen and oxygen atoms in total. The summed E-state index contributed by atoms with van der Waals surface area (Å²) in [7, 11) is 1.11. The number of carbonyl (C=O) groups excluding carboxylic acids is 3. The average Bonchev–Trinajstić information content (AvgIpc) is 3.69. The van der Waals surface area contributed by atoms with Crippen LogP contribution in [0.25, 0.3) is 21.9 Å². The number of carbonyl (C=O) groups is 3. The third-order valence-electron chi connectivity index (χ3n) is 8.87. The van der Waals surface area contributed by atoms with E-state index in [1.54, 1.807) is 54.0 Å². The number of likely N-dealkylation sites (N-methyl/N-ethyl adjacent to an activating group) is 2. The van der Waals surface area contributed by atoms with Gasteiger partial charge in [-0.05, 0) is 66.1 Å². The van der Waals surface area contributed by atoms with Crippen LogP contribution in [-0.4, -0.2) is 77.0 Å². The van der Waals surface area contributed by atoms with Crippen molar-refractivity contribution in [1.29, 1.82) is 0 Å². The summed E-state index contributed by atoms with van der Waals surface area (Å²) >= 11 is 0. The maximum atomic E-state index is 14.2. The number of rotatable bonds is 12. The first-order chi connectivity index (χ1) is 26.5. The molecule has 3 heterocycles. The van der Waals surface area contributed by atoms with Crippen molar-refractivity contribution in [1.82, 2.24) is 39.3 Å². The minimum absolute atomic E-state index is 0.0340. The number of aryl methyl sites for hydroxylation is 2. The number of nitrogens with one attached hydrogen (secondary N) is 3. The van der Waals surface area contributed by atoms with E-state index >= 15 is 0 Å². The highest BCUT2D eigenvalue weighted by Crippen LogP contribution is 2.23. The van der Waals surface area contributed by atoms with Crippen LogP contribution in [0.4, 0.5) is 33.7 Å². The molecule has 0 aliphatic carbocycles. The standard InChI is InChI=1S/C36H34F4N10O5S/c1-47(28-5-6-32-22(13-28)17-42-49(32)3)34(51)30(11-20-7-24(37)15-25(38)8-20)44-36(53)46-56(54,55)45-31(12-21-9-26(39)16-27(40)10-21)35(52)48(2)29-14-23-18-43-50(4)33(23)41-19-29/h5-10,13-19,30-31,45H,11-12H2,1-4H3,(H2,44,46,53)/t30-,31-/m0/s1. The molecule has 3 N–H and O–H groups in total. The highest BCUT2D eigenvalue weighted by atomic mass is 32.2. The van der Waals surface area contributed by atoms with E-state index in [-0.39, 0.29) is 16.8 Å². The average molecular weight is 795 g/mol. The molecule has 3 aromatic heterocycles. The highest BCUT2D eigenvalue weighted by molar-refractivity contribution is 7.88. The molecule has 0 saturated carbocycles. The molecule has 3 aromatic carbocycles. The number of hydrogen-bond donors (Lipinski definition) is 3. The molecule has 0 radical (unpaired) electrons. The van der Waals surface area contributed by atoms with E-state index < -0.39 is 76.2 Å². The lowest BCUT2D eigenvalue weighted by atomic mass is 10.0. The van der Waals surface area contributed by atoms with Crippen LogP contribution in [0, 0.1) is 23.3 Å². The van der Waals surface area contributed by atoms with Gasteiger partial charge >= 0.3 is 16.2 Å². The second-order valence-electron chi connectivity index (χ2n) is 12.9. The van der Waals surface area contributed by atoms with Crippen LogP contribution in [0.1, 0.15) is 11.1 Å². The molecule has 4 amide bonds. The van der Waals surface area contributed by atoms with Gasteiger partial charge in [-0.15, -0.1) is 0 Å². The van der Waals surface area contributed by atoms with Crippen molar-refractivity contribution in [3.05, 3.63) is 114 Å². The Labute approximate surface area is 317 Å². The molecule has 0 saturated heterocycles. The van der Waals surface area contributed by atoms with Crippen LogP contribution < -0.4 is 24.6 Å². The minimum atomic E-state index is -4.99. The van der Waals surface area contributed by atoms with E-state index in [2.05, 4.69) is 25.2 Å². The summed E-state index contributed by atoms with van der Waals surface area (Å²) in [6.07, 6.45) is 3.38. The van der Waals surface area contributed by atoms with Crippen LogP contribution in [-0.2, 0) is 46.7 Å². The zero-order valence-corrected chi connectivity index (χ0v) is 31.0. The fourth-order valence-corrected chi connectivity index (χ4v) is 7.05. The molecule has 0 spiro atoms. The summed E-state index contributed by atoms with van der Waals surface area (Å²) in [4.78, 5) is 47.6. The molecule has 6 rings (SSSR count). The number of pyridine rings is 1. The van der Waals surface area contributed by atoms with E-state index in [4.69, 9.17) is 0 Å². The van der Waals surface area contributed by atoms with Gasteiger partial charge in [0, 0.05) is 63.2 Å². The van der Waals surface area contributed by atoms with Gasteiger partial charge in [-0.3, -0.25) is 19.0 Å². The normalized spacial score (nSPS) is 12.7. The maximum Gasteiger partial charge on any atom is 0.330 e. The Balaban J connectivity index is 1.24. The van der Waals surface area contributed by atoms with Gasteiger partial charge in [0.1, 0.15) is 35.4 Å². The summed E-state index contributed by atoms with van der Waals surface area (Å²) in [6.45, 7) is 0. The number of nitrogens with zero attached hydrogens (tertiary/aromatic N) is 7. The molecule has 0 bridgehead atoms. The molecular formula is C36H34F4N10O5S. The molecule has 2 atom stereocenters. The first-order valence-electron chi connectivity index (χ1n) is 16.7. The van der Waals surface area contributed by atoms with Crippen molar-refractivity contribution >= 4 is 61.4 Å². The number of halogens is 4. The SMILES string of the molecule is CN(C(=O)[C@H](Cc1cc(F)cc(F)c1)NC(=O)NS(=O)(=O)N[C@@H](Cc1cc(F)cc(F)c1)C(=O)N(C)c1cnc2c(cnn2C)c1)c1ccc2c(cnn2C)c1. The summed E-state index contributed by atoms with van der Waals surface area (Å²) < 4.78 is 90.4. The molecule has 6 aromatic rings. The Morgan fingerprint density at radius 1 is 0.696 bits per heavy atom. The molecule has 56 heavy (non-hydrogen) atoms. The summed E-state index contributed by atoms with van der Waals surface area (Å²) in [5.41, 5.74) is 1.71. The van der Waals surface area contributed by atoms with E-state index in [0.29, 0.717) is 34.2 Å². The first-order valence-corrected chi connectivity index (χ1v) is 18.2. The second-order valence-corrected chi connectivity index (χ2v) is 14.4. The largest absolute Gasteiger partial charge is 0.330 e. The van der Waals surface area contributed by atoms with Crippen molar-refractivity contribution in [3.63, 3.8) is 0 Å². The Hall–Kier alpha value is -6.41. The predicted molar refractivity (Wildman–Crippen MR) is 197 cm³/mol. The Bertz CT molecular complexity index is 2560. The van der Waals surface area contributed by atoms with Crippen LogP contribution in [0.5, 0.6) is 0 Å². The topological polar surface area (TPSA) is 176 Å². The molecular weight excluding hydrogens is 761 g/mol. The van der Waals surface area contributed by atoms with Crippen LogP contribution in [0.3, 0.4) is 0 Å². The fourth-order valence-electron chi connectivity index (χ4n) is 6.13. The third-order valence-corrected chi connectivity index (χ3v) is 9.92. The van der Waals surface area contributed by atoms with E-state index in [1.807, 2.05) is 0 Å². The molecule has 0 aliphatic heterocycles. The summed E-state index contributed by atoms with van der Waals surface area (Å²) in [5, 5.41) is 11.8. The first kappa shape index (κ1) is 39.3. The maximum absolute atomic E-state index is 14.2. The van der Waals surface area contributed by atoms with Gasteiger partial charge < -0.3 is 15.1 Å². The number of aromatic nitrogens is 5. The Morgan fingerprint density at radius 3 is 1.84 bits per heavy atom. The predicted octanol–water partition coefficient (Wildman–Crippen LogP) is 3.39.